The molecule has 0 bridgehead atoms. The number of aliphatic hydroxyl groups excluding tert-OH is 1. The lowest BCUT2D eigenvalue weighted by atomic mass is 10.1. The third-order valence-electron chi connectivity index (χ3n) is 2.17. The first-order valence-corrected chi connectivity index (χ1v) is 5.34. The molecule has 0 spiro atoms. The van der Waals surface area contributed by atoms with Gasteiger partial charge in [-0.15, -0.1) is 0 Å². The van der Waals surface area contributed by atoms with Crippen molar-refractivity contribution in [2.24, 2.45) is 5.92 Å². The van der Waals surface area contributed by atoms with E-state index in [4.69, 9.17) is 11.6 Å². The molecule has 0 aliphatic carbocycles. The molecule has 0 heterocycles. The summed E-state index contributed by atoms with van der Waals surface area (Å²) in [6.07, 6.45) is -0.579. The summed E-state index contributed by atoms with van der Waals surface area (Å²) in [5, 5.41) is 10.2. The molecule has 0 aliphatic heterocycles. The van der Waals surface area contributed by atoms with Gasteiger partial charge in [0.1, 0.15) is 6.10 Å². The van der Waals surface area contributed by atoms with Gasteiger partial charge in [-0.25, -0.2) is 0 Å². The van der Waals surface area contributed by atoms with Crippen molar-refractivity contribution < 1.29 is 5.11 Å². The van der Waals surface area contributed by atoms with E-state index in [-0.39, 0.29) is 5.92 Å². The molecule has 1 N–H and O–H groups in total. The van der Waals surface area contributed by atoms with E-state index in [1.807, 2.05) is 39.0 Å². The normalized spacial score (nSPS) is 12.1. The smallest absolute Gasteiger partial charge is 0.117 e. The van der Waals surface area contributed by atoms with E-state index in [0.717, 1.165) is 11.1 Å². The Hall–Kier alpha value is -0.970. The minimum Gasteiger partial charge on any atom is -0.380 e. The maximum atomic E-state index is 9.51. The lowest BCUT2D eigenvalue weighted by molar-refractivity contribution is 0.181. The Morgan fingerprint density at radius 2 is 2.00 bits per heavy atom. The average molecular weight is 223 g/mol. The number of hydrogen-bond acceptors (Lipinski definition) is 1. The predicted molar refractivity (Wildman–Crippen MR) is 63.9 cm³/mol. The van der Waals surface area contributed by atoms with E-state index in [1.54, 1.807) is 0 Å². The highest BCUT2D eigenvalue weighted by Gasteiger charge is 2.03. The number of aryl methyl sites for hydroxylation is 1. The zero-order valence-electron chi connectivity index (χ0n) is 9.21. The van der Waals surface area contributed by atoms with Gasteiger partial charge in [0, 0.05) is 10.6 Å². The topological polar surface area (TPSA) is 20.2 Å². The van der Waals surface area contributed by atoms with Gasteiger partial charge in [0.15, 0.2) is 0 Å². The largest absolute Gasteiger partial charge is 0.380 e. The van der Waals surface area contributed by atoms with Crippen LogP contribution in [-0.2, 0) is 0 Å². The van der Waals surface area contributed by atoms with Crippen molar-refractivity contribution in [1.82, 2.24) is 0 Å². The first-order valence-electron chi connectivity index (χ1n) is 4.96. The molecular weight excluding hydrogens is 208 g/mol. The van der Waals surface area contributed by atoms with Crippen LogP contribution in [0.5, 0.6) is 0 Å². The first-order chi connectivity index (χ1) is 7.00. The minimum absolute atomic E-state index is 0.151. The zero-order chi connectivity index (χ0) is 11.4. The maximum Gasteiger partial charge on any atom is 0.117 e. The lowest BCUT2D eigenvalue weighted by Gasteiger charge is -2.05. The lowest BCUT2D eigenvalue weighted by Crippen LogP contribution is -2.11. The second-order valence-corrected chi connectivity index (χ2v) is 4.33. The van der Waals surface area contributed by atoms with E-state index in [9.17, 15) is 5.11 Å². The fraction of sp³-hybridized carbons (Fsp3) is 0.385. The number of halogens is 1. The van der Waals surface area contributed by atoms with Crippen LogP contribution in [-0.4, -0.2) is 11.2 Å². The third kappa shape index (κ3) is 3.58. The minimum atomic E-state index is -0.579. The fourth-order valence-electron chi connectivity index (χ4n) is 0.995. The number of hydrogen-bond donors (Lipinski definition) is 1. The summed E-state index contributed by atoms with van der Waals surface area (Å²) in [6.45, 7) is 5.81. The molecular formula is C13H15ClO. The summed E-state index contributed by atoms with van der Waals surface area (Å²) in [4.78, 5) is 0. The Labute approximate surface area is 96.1 Å². The summed E-state index contributed by atoms with van der Waals surface area (Å²) < 4.78 is 0. The summed E-state index contributed by atoms with van der Waals surface area (Å²) in [5.41, 5.74) is 1.87. The van der Waals surface area contributed by atoms with Gasteiger partial charge in [0.2, 0.25) is 0 Å². The molecule has 1 nitrogen and oxygen atoms in total. The molecule has 1 aromatic rings. The maximum absolute atomic E-state index is 9.51. The van der Waals surface area contributed by atoms with Gasteiger partial charge >= 0.3 is 0 Å². The number of aliphatic hydroxyl groups is 1. The summed E-state index contributed by atoms with van der Waals surface area (Å²) >= 11 is 5.96. The van der Waals surface area contributed by atoms with Gasteiger partial charge in [-0.1, -0.05) is 43.4 Å². The van der Waals surface area contributed by atoms with Crippen LogP contribution in [0.15, 0.2) is 18.2 Å². The molecule has 0 aromatic heterocycles. The molecule has 0 fully saturated rings. The molecule has 1 atom stereocenters. The molecule has 15 heavy (non-hydrogen) atoms. The average Bonchev–Trinajstić information content (AvgIpc) is 2.19. The second-order valence-electron chi connectivity index (χ2n) is 3.92. The van der Waals surface area contributed by atoms with E-state index in [2.05, 4.69) is 11.8 Å². The van der Waals surface area contributed by atoms with Gasteiger partial charge in [-0.05, 0) is 30.5 Å². The molecule has 80 valence electrons. The summed E-state index contributed by atoms with van der Waals surface area (Å²) in [5.74, 6) is 5.85. The summed E-state index contributed by atoms with van der Waals surface area (Å²) in [6, 6.07) is 5.65. The molecule has 0 saturated heterocycles. The van der Waals surface area contributed by atoms with Gasteiger partial charge in [-0.3, -0.25) is 0 Å². The van der Waals surface area contributed by atoms with Crippen molar-refractivity contribution in [1.29, 1.82) is 0 Å². The molecule has 0 radical (unpaired) electrons. The van der Waals surface area contributed by atoms with Crippen LogP contribution in [0.3, 0.4) is 0 Å². The molecule has 1 aromatic carbocycles. The number of benzene rings is 1. The monoisotopic (exact) mass is 222 g/mol. The Balaban J connectivity index is 2.85. The van der Waals surface area contributed by atoms with Crippen LogP contribution in [0.2, 0.25) is 5.02 Å². The highest BCUT2D eigenvalue weighted by molar-refractivity contribution is 6.31. The molecule has 1 rings (SSSR count). The van der Waals surface area contributed by atoms with Crippen LogP contribution >= 0.6 is 11.6 Å². The zero-order valence-corrected chi connectivity index (χ0v) is 9.97. The van der Waals surface area contributed by atoms with Crippen molar-refractivity contribution >= 4 is 11.6 Å². The van der Waals surface area contributed by atoms with Crippen LogP contribution in [0.1, 0.15) is 25.0 Å². The summed E-state index contributed by atoms with van der Waals surface area (Å²) in [7, 11) is 0. The van der Waals surface area contributed by atoms with Crippen LogP contribution in [0, 0.1) is 24.7 Å². The van der Waals surface area contributed by atoms with Crippen molar-refractivity contribution in [2.75, 3.05) is 0 Å². The third-order valence-corrected chi connectivity index (χ3v) is 2.57. The Kier molecular flexibility index (Phi) is 4.20. The predicted octanol–water partition coefficient (Wildman–Crippen LogP) is 3.02. The molecule has 0 amide bonds. The van der Waals surface area contributed by atoms with Crippen LogP contribution in [0.25, 0.3) is 0 Å². The van der Waals surface area contributed by atoms with Crippen molar-refractivity contribution in [3.05, 3.63) is 34.3 Å². The van der Waals surface area contributed by atoms with Crippen LogP contribution < -0.4 is 0 Å². The van der Waals surface area contributed by atoms with Crippen molar-refractivity contribution in [3.8, 4) is 11.8 Å². The quantitative estimate of drug-likeness (QED) is 0.725. The van der Waals surface area contributed by atoms with Crippen molar-refractivity contribution in [3.63, 3.8) is 0 Å². The van der Waals surface area contributed by atoms with E-state index in [0.29, 0.717) is 5.02 Å². The Morgan fingerprint density at radius 1 is 1.33 bits per heavy atom. The SMILES string of the molecule is Cc1ccc(C#CC(O)C(C)C)cc1Cl. The molecule has 2 heteroatoms. The Bertz CT molecular complexity index is 399. The number of rotatable bonds is 1. The van der Waals surface area contributed by atoms with E-state index in [1.165, 1.54) is 0 Å². The van der Waals surface area contributed by atoms with Crippen LogP contribution in [0.4, 0.5) is 0 Å². The second kappa shape index (κ2) is 5.21. The molecule has 0 aliphatic rings. The standard InChI is InChI=1S/C13H15ClO/c1-9(2)13(15)7-6-11-5-4-10(3)12(14)8-11/h4-5,8-9,13,15H,1-3H3. The van der Waals surface area contributed by atoms with Crippen molar-refractivity contribution in [2.45, 2.75) is 26.9 Å². The highest BCUT2D eigenvalue weighted by atomic mass is 35.5. The molecule has 1 unspecified atom stereocenters. The Morgan fingerprint density at radius 3 is 2.53 bits per heavy atom. The highest BCUT2D eigenvalue weighted by Crippen LogP contribution is 2.15. The van der Waals surface area contributed by atoms with Gasteiger partial charge in [-0.2, -0.15) is 0 Å². The van der Waals surface area contributed by atoms with Gasteiger partial charge in [0.05, 0.1) is 0 Å². The first kappa shape index (κ1) is 12.1. The van der Waals surface area contributed by atoms with E-state index >= 15 is 0 Å². The van der Waals surface area contributed by atoms with E-state index < -0.39 is 6.10 Å². The molecule has 0 saturated carbocycles. The van der Waals surface area contributed by atoms with Gasteiger partial charge in [0.25, 0.3) is 0 Å². The van der Waals surface area contributed by atoms with Gasteiger partial charge < -0.3 is 5.11 Å². The fourth-order valence-corrected chi connectivity index (χ4v) is 1.18.